The zero-order valence-electron chi connectivity index (χ0n) is 24.2. The first-order chi connectivity index (χ1) is 19.8. The minimum Gasteiger partial charge on any atom is -0.512 e. The van der Waals surface area contributed by atoms with Crippen molar-refractivity contribution in [2.75, 3.05) is 50.7 Å². The molecular weight excluding hydrogens is 519 g/mol. The molecule has 1 aromatic heterocycles. The molecule has 0 amide bonds. The van der Waals surface area contributed by atoms with Gasteiger partial charge < -0.3 is 19.9 Å². The largest absolute Gasteiger partial charge is 0.512 e. The van der Waals surface area contributed by atoms with E-state index in [0.29, 0.717) is 36.9 Å². The number of hydrogen-bond acceptors (Lipinski definition) is 8. The Kier molecular flexibility index (Phi) is 7.78. The summed E-state index contributed by atoms with van der Waals surface area (Å²) >= 11 is 0. The van der Waals surface area contributed by atoms with E-state index in [1.165, 1.54) is 12.8 Å². The van der Waals surface area contributed by atoms with Gasteiger partial charge in [-0.25, -0.2) is 14.4 Å². The molecule has 6 rings (SSSR count). The number of aliphatic hydroxyl groups is 1. The van der Waals surface area contributed by atoms with Crippen LogP contribution in [-0.4, -0.2) is 81.0 Å². The van der Waals surface area contributed by atoms with Crippen LogP contribution in [0.1, 0.15) is 57.1 Å². The van der Waals surface area contributed by atoms with Crippen LogP contribution in [-0.2, 0) is 0 Å². The number of hydrogen-bond donors (Lipinski definition) is 2. The molecule has 4 aliphatic heterocycles. The molecule has 41 heavy (non-hydrogen) atoms. The summed E-state index contributed by atoms with van der Waals surface area (Å²) in [7, 11) is 0. The second kappa shape index (κ2) is 11.5. The number of aromatic nitrogens is 4. The molecule has 9 nitrogen and oxygen atoms in total. The van der Waals surface area contributed by atoms with Crippen molar-refractivity contribution in [3.63, 3.8) is 0 Å². The van der Waals surface area contributed by atoms with E-state index in [1.807, 2.05) is 25.3 Å². The number of piperazine rings is 1. The average molecular weight is 561 g/mol. The minimum absolute atomic E-state index is 0.258. The van der Waals surface area contributed by atoms with Crippen LogP contribution < -0.4 is 26.4 Å². The summed E-state index contributed by atoms with van der Waals surface area (Å²) in [6.07, 6.45) is 9.32. The van der Waals surface area contributed by atoms with Gasteiger partial charge in [0.15, 0.2) is 5.82 Å². The summed E-state index contributed by atoms with van der Waals surface area (Å²) in [6.45, 7) is 13.5. The van der Waals surface area contributed by atoms with Crippen LogP contribution in [0, 0.1) is 6.92 Å². The molecule has 218 valence electrons. The Morgan fingerprint density at radius 1 is 1.12 bits per heavy atom. The predicted octanol–water partition coefficient (Wildman–Crippen LogP) is 2.74. The third-order valence-electron chi connectivity index (χ3n) is 9.09. The molecule has 5 aliphatic rings. The molecule has 0 aromatic carbocycles. The number of anilines is 1. The highest BCUT2D eigenvalue weighted by Gasteiger charge is 2.34. The van der Waals surface area contributed by atoms with Gasteiger partial charge in [-0.15, -0.1) is 0 Å². The number of halogens is 1. The molecule has 1 aromatic rings. The normalized spacial score (nSPS) is 21.5. The number of nitrogens with zero attached hydrogens (tertiary/aromatic N) is 7. The highest BCUT2D eigenvalue weighted by molar-refractivity contribution is 5.62. The summed E-state index contributed by atoms with van der Waals surface area (Å²) in [4.78, 5) is 23.2. The maximum Gasteiger partial charge on any atom is 0.253 e. The van der Waals surface area contributed by atoms with Crippen molar-refractivity contribution in [2.24, 2.45) is 4.99 Å². The standard InChI is InChI=1S/C31H41FN8O/c1-21-26-19-35-30(37-29(26)40(24-6-4-5-7-24)22(2)28(21)23(3)41)36-27-9-8-25(18-34-27)39-16-14-38(15-17-39)20-31(32)10-12-33-13-11-31/h8-9,18-19,24,33,41H,2,4-7,10-17,20H2,1,3H3/b28-23+,36-30?. The topological polar surface area (TPSA) is 94.7 Å². The van der Waals surface area contributed by atoms with Crippen LogP contribution in [0.2, 0.25) is 0 Å². The third-order valence-corrected chi connectivity index (χ3v) is 9.09. The SMILES string of the molecule is C=c1/c(=C(\C)O)c(C)c2cnc(=Nc3ccc(N4CCN(CC5(F)CCNCC5)CC4)cn3)nc-2n1C1CCCC1. The van der Waals surface area contributed by atoms with E-state index in [4.69, 9.17) is 4.98 Å². The lowest BCUT2D eigenvalue weighted by Gasteiger charge is -2.40. The summed E-state index contributed by atoms with van der Waals surface area (Å²) in [5.74, 6) is 1.60. The molecule has 0 spiro atoms. The number of nitrogens with one attached hydrogen (secondary N) is 1. The minimum atomic E-state index is -1.06. The molecule has 0 bridgehead atoms. The fraction of sp³-hybridized carbons (Fsp3) is 0.548. The van der Waals surface area contributed by atoms with E-state index in [-0.39, 0.29) is 5.76 Å². The number of alkyl halides is 1. The Morgan fingerprint density at radius 3 is 2.51 bits per heavy atom. The second-order valence-corrected chi connectivity index (χ2v) is 11.9. The molecule has 0 unspecified atom stereocenters. The highest BCUT2D eigenvalue weighted by atomic mass is 19.1. The smallest absolute Gasteiger partial charge is 0.253 e. The molecule has 1 saturated carbocycles. The summed E-state index contributed by atoms with van der Waals surface area (Å²) in [5, 5.41) is 15.2. The van der Waals surface area contributed by atoms with Gasteiger partial charge in [-0.3, -0.25) is 4.90 Å². The van der Waals surface area contributed by atoms with Crippen LogP contribution in [0.4, 0.5) is 15.9 Å². The summed E-state index contributed by atoms with van der Waals surface area (Å²) < 4.78 is 17.3. The van der Waals surface area contributed by atoms with Crippen molar-refractivity contribution in [3.8, 4) is 11.4 Å². The van der Waals surface area contributed by atoms with Crippen LogP contribution in [0.25, 0.3) is 23.7 Å². The van der Waals surface area contributed by atoms with Crippen molar-refractivity contribution < 1.29 is 9.50 Å². The maximum atomic E-state index is 15.1. The second-order valence-electron chi connectivity index (χ2n) is 11.9. The number of fused-ring (bicyclic) bond motifs is 1. The number of rotatable bonds is 5. The fourth-order valence-electron chi connectivity index (χ4n) is 6.83. The van der Waals surface area contributed by atoms with Crippen LogP contribution in [0.15, 0.2) is 29.5 Å². The van der Waals surface area contributed by atoms with Crippen molar-refractivity contribution in [3.05, 3.63) is 46.3 Å². The van der Waals surface area contributed by atoms with E-state index in [1.54, 1.807) is 13.1 Å². The van der Waals surface area contributed by atoms with Gasteiger partial charge in [0, 0.05) is 61.1 Å². The molecule has 5 heterocycles. The van der Waals surface area contributed by atoms with E-state index < -0.39 is 5.67 Å². The predicted molar refractivity (Wildman–Crippen MR) is 159 cm³/mol. The Labute approximate surface area is 240 Å². The molecule has 1 aliphatic carbocycles. The Morgan fingerprint density at radius 2 is 1.85 bits per heavy atom. The average Bonchev–Trinajstić information content (AvgIpc) is 3.48. The van der Waals surface area contributed by atoms with Gasteiger partial charge in [-0.2, -0.15) is 9.98 Å². The first-order valence-electron chi connectivity index (χ1n) is 15.0. The van der Waals surface area contributed by atoms with Gasteiger partial charge in [0.25, 0.3) is 5.62 Å². The van der Waals surface area contributed by atoms with Crippen molar-refractivity contribution in [2.45, 2.75) is 64.1 Å². The van der Waals surface area contributed by atoms with Gasteiger partial charge in [0.1, 0.15) is 11.5 Å². The van der Waals surface area contributed by atoms with Gasteiger partial charge in [-0.05, 0) is 70.3 Å². The molecule has 0 atom stereocenters. The van der Waals surface area contributed by atoms with E-state index in [2.05, 4.69) is 41.2 Å². The van der Waals surface area contributed by atoms with Gasteiger partial charge in [0.2, 0.25) is 0 Å². The zero-order valence-corrected chi connectivity index (χ0v) is 24.2. The Hall–Kier alpha value is -3.37. The Bertz CT molecular complexity index is 1530. The summed E-state index contributed by atoms with van der Waals surface area (Å²) in [5.41, 5.74) is 2.15. The third kappa shape index (κ3) is 5.72. The molecule has 10 heteroatoms. The van der Waals surface area contributed by atoms with E-state index in [0.717, 1.165) is 85.3 Å². The van der Waals surface area contributed by atoms with Crippen LogP contribution in [0.5, 0.6) is 0 Å². The van der Waals surface area contributed by atoms with Crippen molar-refractivity contribution in [1.29, 1.82) is 0 Å². The zero-order chi connectivity index (χ0) is 28.6. The fourth-order valence-corrected chi connectivity index (χ4v) is 6.83. The number of pyridine rings is 2. The summed E-state index contributed by atoms with van der Waals surface area (Å²) in [6, 6.07) is 4.23. The Balaban J connectivity index is 1.22. The van der Waals surface area contributed by atoms with Gasteiger partial charge in [0.05, 0.1) is 17.6 Å². The van der Waals surface area contributed by atoms with E-state index in [9.17, 15) is 5.11 Å². The first-order valence-corrected chi connectivity index (χ1v) is 15.0. The first kappa shape index (κ1) is 27.8. The number of aliphatic hydroxyl groups excluding tert-OH is 1. The molecule has 3 fully saturated rings. The van der Waals surface area contributed by atoms with E-state index >= 15 is 4.39 Å². The lowest BCUT2D eigenvalue weighted by atomic mass is 9.93. The lowest BCUT2D eigenvalue weighted by molar-refractivity contribution is 0.0591. The van der Waals surface area contributed by atoms with Crippen molar-refractivity contribution in [1.82, 2.24) is 29.7 Å². The quantitative estimate of drug-likeness (QED) is 0.496. The lowest BCUT2D eigenvalue weighted by Crippen LogP contribution is -2.53. The van der Waals surface area contributed by atoms with Crippen molar-refractivity contribution >= 4 is 23.8 Å². The number of piperidine rings is 1. The maximum absolute atomic E-state index is 15.1. The highest BCUT2D eigenvalue weighted by Crippen LogP contribution is 2.32. The molecule has 2 saturated heterocycles. The van der Waals surface area contributed by atoms with Gasteiger partial charge in [-0.1, -0.05) is 19.4 Å². The molecular formula is C31H41FN8O. The monoisotopic (exact) mass is 560 g/mol. The molecule has 0 radical (unpaired) electrons. The molecule has 2 N–H and O–H groups in total. The van der Waals surface area contributed by atoms with Crippen LogP contribution in [0.3, 0.4) is 0 Å². The van der Waals surface area contributed by atoms with Gasteiger partial charge >= 0.3 is 0 Å². The van der Waals surface area contributed by atoms with Crippen LogP contribution >= 0.6 is 0 Å².